The first-order chi connectivity index (χ1) is 8.56. The molecule has 0 fully saturated rings. The molecule has 0 radical (unpaired) electrons. The minimum Gasteiger partial charge on any atom is -0.388 e. The van der Waals surface area contributed by atoms with Gasteiger partial charge in [-0.2, -0.15) is 0 Å². The number of hydrogen-bond acceptors (Lipinski definition) is 4. The van der Waals surface area contributed by atoms with E-state index >= 15 is 0 Å². The van der Waals surface area contributed by atoms with E-state index in [1.807, 2.05) is 0 Å². The second-order valence-electron chi connectivity index (χ2n) is 3.41. The molecule has 3 N–H and O–H groups in total. The Bertz CT molecular complexity index is 588. The largest absolute Gasteiger partial charge is 0.388 e. The molecule has 0 saturated heterocycles. The Morgan fingerprint density at radius 2 is 2.11 bits per heavy atom. The van der Waals surface area contributed by atoms with Crippen LogP contribution in [0.3, 0.4) is 0 Å². The molecule has 92 valence electrons. The molecule has 0 unspecified atom stereocenters. The van der Waals surface area contributed by atoms with E-state index in [-0.39, 0.29) is 10.0 Å². The molecule has 18 heavy (non-hydrogen) atoms. The Morgan fingerprint density at radius 3 is 2.67 bits per heavy atom. The lowest BCUT2D eigenvalue weighted by atomic mass is 10.3. The lowest BCUT2D eigenvalue weighted by molar-refractivity contribution is 0.628. The van der Waals surface area contributed by atoms with E-state index < -0.39 is 5.82 Å². The molecule has 2 aromatic rings. The number of hydrogen-bond donors (Lipinski definition) is 2. The van der Waals surface area contributed by atoms with E-state index in [0.29, 0.717) is 17.2 Å². The van der Waals surface area contributed by atoms with Gasteiger partial charge in [-0.1, -0.05) is 23.8 Å². The number of halogens is 2. The van der Waals surface area contributed by atoms with Gasteiger partial charge in [-0.25, -0.2) is 14.4 Å². The molecule has 0 saturated carbocycles. The monoisotopic (exact) mass is 282 g/mol. The number of nitrogens with zero attached hydrogens (tertiary/aromatic N) is 2. The Morgan fingerprint density at radius 1 is 1.33 bits per heavy atom. The van der Waals surface area contributed by atoms with Gasteiger partial charge in [-0.05, 0) is 18.2 Å². The van der Waals surface area contributed by atoms with Crippen molar-refractivity contribution in [1.82, 2.24) is 9.97 Å². The number of nitrogens with one attached hydrogen (secondary N) is 1. The summed E-state index contributed by atoms with van der Waals surface area (Å²) in [6.45, 7) is 0. The lowest BCUT2D eigenvalue weighted by Crippen LogP contribution is -2.12. The number of aromatic nitrogens is 2. The molecule has 1 heterocycles. The van der Waals surface area contributed by atoms with Crippen molar-refractivity contribution >= 4 is 40.3 Å². The van der Waals surface area contributed by atoms with Crippen LogP contribution < -0.4 is 11.1 Å². The Kier molecular flexibility index (Phi) is 3.69. The zero-order chi connectivity index (χ0) is 13.1. The molecule has 0 aliphatic rings. The minimum atomic E-state index is -0.475. The molecule has 0 spiro atoms. The predicted molar refractivity (Wildman–Crippen MR) is 72.6 cm³/mol. The Labute approximate surface area is 113 Å². The maximum atomic E-state index is 13.0. The van der Waals surface area contributed by atoms with Gasteiger partial charge in [0.1, 0.15) is 22.3 Å². The number of nitrogens with two attached hydrogens (primary N) is 1. The van der Waals surface area contributed by atoms with Gasteiger partial charge in [-0.3, -0.25) is 0 Å². The first-order valence-electron chi connectivity index (χ1n) is 4.90. The standard InChI is InChI=1S/C11H8ClFN4S/c12-7-3-6(1-2-8(7)13)17-10-5-15-9(4-16-10)11(14)18/h1-5H,(H2,14,18)(H,16,17). The average molecular weight is 283 g/mol. The summed E-state index contributed by atoms with van der Waals surface area (Å²) in [5, 5.41) is 2.96. The Hall–Kier alpha value is -1.79. The van der Waals surface area contributed by atoms with Crippen molar-refractivity contribution in [2.75, 3.05) is 5.32 Å². The molecule has 2 rings (SSSR count). The van der Waals surface area contributed by atoms with E-state index in [0.717, 1.165) is 0 Å². The second kappa shape index (κ2) is 5.24. The van der Waals surface area contributed by atoms with Crippen LogP contribution >= 0.6 is 23.8 Å². The van der Waals surface area contributed by atoms with Crippen LogP contribution in [0.1, 0.15) is 5.69 Å². The van der Waals surface area contributed by atoms with Gasteiger partial charge >= 0.3 is 0 Å². The van der Waals surface area contributed by atoms with E-state index in [1.54, 1.807) is 6.07 Å². The number of benzene rings is 1. The van der Waals surface area contributed by atoms with Crippen molar-refractivity contribution in [3.05, 3.63) is 47.1 Å². The van der Waals surface area contributed by atoms with Crippen molar-refractivity contribution < 1.29 is 4.39 Å². The maximum Gasteiger partial charge on any atom is 0.148 e. The van der Waals surface area contributed by atoms with Crippen LogP contribution in [-0.4, -0.2) is 15.0 Å². The lowest BCUT2D eigenvalue weighted by Gasteiger charge is -2.06. The van der Waals surface area contributed by atoms with Crippen molar-refractivity contribution in [3.8, 4) is 0 Å². The highest BCUT2D eigenvalue weighted by molar-refractivity contribution is 7.80. The highest BCUT2D eigenvalue weighted by Gasteiger charge is 2.03. The SMILES string of the molecule is NC(=S)c1cnc(Nc2ccc(F)c(Cl)c2)cn1. The minimum absolute atomic E-state index is 0.0349. The van der Waals surface area contributed by atoms with Gasteiger partial charge in [0.2, 0.25) is 0 Å². The molecule has 0 aliphatic heterocycles. The summed E-state index contributed by atoms with van der Waals surface area (Å²) in [6.07, 6.45) is 2.93. The van der Waals surface area contributed by atoms with Crippen LogP contribution in [0.15, 0.2) is 30.6 Å². The van der Waals surface area contributed by atoms with Crippen LogP contribution in [0.25, 0.3) is 0 Å². The molecule has 0 bridgehead atoms. The van der Waals surface area contributed by atoms with Crippen LogP contribution in [-0.2, 0) is 0 Å². The van der Waals surface area contributed by atoms with Crippen molar-refractivity contribution in [2.24, 2.45) is 5.73 Å². The normalized spacial score (nSPS) is 10.1. The molecule has 1 aromatic carbocycles. The molecular formula is C11H8ClFN4S. The Balaban J connectivity index is 2.18. The number of rotatable bonds is 3. The molecule has 0 atom stereocenters. The zero-order valence-electron chi connectivity index (χ0n) is 9.02. The molecule has 4 nitrogen and oxygen atoms in total. The van der Waals surface area contributed by atoms with Crippen LogP contribution in [0.5, 0.6) is 0 Å². The van der Waals surface area contributed by atoms with Gasteiger partial charge in [0.25, 0.3) is 0 Å². The summed E-state index contributed by atoms with van der Waals surface area (Å²) in [5.74, 6) is 0.00908. The van der Waals surface area contributed by atoms with Gasteiger partial charge in [-0.15, -0.1) is 0 Å². The predicted octanol–water partition coefficient (Wildman–Crippen LogP) is 2.65. The van der Waals surface area contributed by atoms with Crippen LogP contribution in [0.4, 0.5) is 15.9 Å². The van der Waals surface area contributed by atoms with E-state index in [4.69, 9.17) is 29.6 Å². The number of anilines is 2. The summed E-state index contributed by atoms with van der Waals surface area (Å²) >= 11 is 10.4. The summed E-state index contributed by atoms with van der Waals surface area (Å²) in [6, 6.07) is 4.27. The second-order valence-corrected chi connectivity index (χ2v) is 4.25. The third kappa shape index (κ3) is 2.91. The quantitative estimate of drug-likeness (QED) is 0.848. The van der Waals surface area contributed by atoms with Gasteiger partial charge in [0, 0.05) is 5.69 Å². The first-order valence-corrected chi connectivity index (χ1v) is 5.69. The smallest absolute Gasteiger partial charge is 0.148 e. The summed E-state index contributed by atoms with van der Waals surface area (Å²) in [7, 11) is 0. The topological polar surface area (TPSA) is 63.8 Å². The molecule has 0 aliphatic carbocycles. The van der Waals surface area contributed by atoms with Gasteiger partial charge < -0.3 is 11.1 Å². The fraction of sp³-hybridized carbons (Fsp3) is 0. The average Bonchev–Trinajstić information content (AvgIpc) is 2.34. The number of thiocarbonyl (C=S) groups is 1. The third-order valence-corrected chi connectivity index (χ3v) is 2.60. The van der Waals surface area contributed by atoms with Crippen molar-refractivity contribution in [3.63, 3.8) is 0 Å². The van der Waals surface area contributed by atoms with Crippen molar-refractivity contribution in [1.29, 1.82) is 0 Å². The summed E-state index contributed by atoms with van der Waals surface area (Å²) in [4.78, 5) is 8.26. The first kappa shape index (κ1) is 12.7. The van der Waals surface area contributed by atoms with E-state index in [9.17, 15) is 4.39 Å². The zero-order valence-corrected chi connectivity index (χ0v) is 10.6. The summed E-state index contributed by atoms with van der Waals surface area (Å²) < 4.78 is 13.0. The van der Waals surface area contributed by atoms with E-state index in [1.165, 1.54) is 24.5 Å². The summed E-state index contributed by atoms with van der Waals surface area (Å²) in [5.41, 5.74) is 6.45. The van der Waals surface area contributed by atoms with Gasteiger partial charge in [0.05, 0.1) is 17.4 Å². The third-order valence-electron chi connectivity index (χ3n) is 2.10. The van der Waals surface area contributed by atoms with Crippen molar-refractivity contribution in [2.45, 2.75) is 0 Å². The molecular weight excluding hydrogens is 275 g/mol. The molecule has 0 amide bonds. The fourth-order valence-corrected chi connectivity index (χ4v) is 1.53. The van der Waals surface area contributed by atoms with Gasteiger partial charge in [0.15, 0.2) is 0 Å². The highest BCUT2D eigenvalue weighted by atomic mass is 35.5. The highest BCUT2D eigenvalue weighted by Crippen LogP contribution is 2.21. The molecule has 1 aromatic heterocycles. The van der Waals surface area contributed by atoms with Crippen LogP contribution in [0, 0.1) is 5.82 Å². The maximum absolute atomic E-state index is 13.0. The fourth-order valence-electron chi connectivity index (χ4n) is 1.24. The van der Waals surface area contributed by atoms with Crippen LogP contribution in [0.2, 0.25) is 5.02 Å². The van der Waals surface area contributed by atoms with E-state index in [2.05, 4.69) is 15.3 Å². The molecule has 7 heteroatoms.